The quantitative estimate of drug-likeness (QED) is 0.931. The molecule has 0 amide bonds. The van der Waals surface area contributed by atoms with E-state index in [0.29, 0.717) is 10.2 Å². The zero-order valence-electron chi connectivity index (χ0n) is 9.60. The van der Waals surface area contributed by atoms with E-state index in [2.05, 4.69) is 15.9 Å². The van der Waals surface area contributed by atoms with E-state index in [4.69, 9.17) is 9.47 Å². The summed E-state index contributed by atoms with van der Waals surface area (Å²) in [6.45, 7) is 2.97. The monoisotopic (exact) mass is 292 g/mol. The van der Waals surface area contributed by atoms with Crippen LogP contribution in [0.5, 0.6) is 11.5 Å². The Bertz CT molecular complexity index is 399. The van der Waals surface area contributed by atoms with Crippen molar-refractivity contribution in [1.82, 2.24) is 0 Å². The van der Waals surface area contributed by atoms with Gasteiger partial charge in [-0.1, -0.05) is 0 Å². The van der Waals surface area contributed by atoms with Crippen molar-refractivity contribution in [2.24, 2.45) is 0 Å². The maximum absolute atomic E-state index is 13.8. The van der Waals surface area contributed by atoms with Crippen LogP contribution in [0.25, 0.3) is 0 Å². The molecule has 1 rings (SSSR count). The number of ether oxygens (including phenoxy) is 2. The molecule has 90 valence electrons. The van der Waals surface area contributed by atoms with Gasteiger partial charge in [0.1, 0.15) is 5.82 Å². The lowest BCUT2D eigenvalue weighted by atomic mass is 9.96. The van der Waals surface area contributed by atoms with Crippen molar-refractivity contribution in [2.75, 3.05) is 14.2 Å². The molecule has 1 N–H and O–H groups in total. The summed E-state index contributed by atoms with van der Waals surface area (Å²) in [6.07, 6.45) is 0. The van der Waals surface area contributed by atoms with Gasteiger partial charge in [0.2, 0.25) is 0 Å². The highest BCUT2D eigenvalue weighted by atomic mass is 79.9. The van der Waals surface area contributed by atoms with Crippen LogP contribution in [0.2, 0.25) is 0 Å². The minimum absolute atomic E-state index is 0.0788. The third kappa shape index (κ3) is 2.30. The molecule has 0 bridgehead atoms. The number of rotatable bonds is 3. The molecule has 0 heterocycles. The summed E-state index contributed by atoms with van der Waals surface area (Å²) in [5, 5.41) is 9.90. The molecular formula is C11H14BrFO3. The third-order valence-corrected chi connectivity index (χ3v) is 2.75. The number of hydrogen-bond acceptors (Lipinski definition) is 3. The van der Waals surface area contributed by atoms with Crippen LogP contribution >= 0.6 is 15.9 Å². The number of benzene rings is 1. The molecular weight excluding hydrogens is 279 g/mol. The fraction of sp³-hybridized carbons (Fsp3) is 0.455. The highest BCUT2D eigenvalue weighted by molar-refractivity contribution is 9.10. The molecule has 5 heteroatoms. The Balaban J connectivity index is 3.59. The average Bonchev–Trinajstić information content (AvgIpc) is 2.14. The summed E-state index contributed by atoms with van der Waals surface area (Å²) >= 11 is 3.17. The van der Waals surface area contributed by atoms with Crippen LogP contribution in [0.4, 0.5) is 4.39 Å². The van der Waals surface area contributed by atoms with Gasteiger partial charge in [0.25, 0.3) is 0 Å². The fourth-order valence-electron chi connectivity index (χ4n) is 1.53. The van der Waals surface area contributed by atoms with Crippen molar-refractivity contribution in [3.05, 3.63) is 21.9 Å². The lowest BCUT2D eigenvalue weighted by Crippen LogP contribution is -2.19. The minimum Gasteiger partial charge on any atom is -0.492 e. The average molecular weight is 293 g/mol. The summed E-state index contributed by atoms with van der Waals surface area (Å²) in [5.41, 5.74) is -1.27. The van der Waals surface area contributed by atoms with Crippen LogP contribution in [0, 0.1) is 5.82 Å². The van der Waals surface area contributed by atoms with Crippen LogP contribution in [0.1, 0.15) is 19.4 Å². The number of aliphatic hydroxyl groups is 1. The summed E-state index contributed by atoms with van der Waals surface area (Å²) in [4.78, 5) is 0. The fourth-order valence-corrected chi connectivity index (χ4v) is 2.08. The van der Waals surface area contributed by atoms with Gasteiger partial charge in [0.15, 0.2) is 11.5 Å². The second-order valence-electron chi connectivity index (χ2n) is 3.84. The molecule has 0 fully saturated rings. The van der Waals surface area contributed by atoms with Gasteiger partial charge in [-0.25, -0.2) is 4.39 Å². The first-order valence-electron chi connectivity index (χ1n) is 4.65. The van der Waals surface area contributed by atoms with E-state index in [9.17, 15) is 9.50 Å². The second-order valence-corrected chi connectivity index (χ2v) is 4.70. The number of methoxy groups -OCH3 is 2. The highest BCUT2D eigenvalue weighted by Gasteiger charge is 2.29. The van der Waals surface area contributed by atoms with Gasteiger partial charge < -0.3 is 14.6 Å². The van der Waals surface area contributed by atoms with Crippen LogP contribution < -0.4 is 9.47 Å². The molecule has 0 aromatic heterocycles. The normalized spacial score (nSPS) is 11.4. The summed E-state index contributed by atoms with van der Waals surface area (Å²) in [5.74, 6) is 0.0138. The van der Waals surface area contributed by atoms with E-state index in [1.54, 1.807) is 0 Å². The molecule has 3 nitrogen and oxygen atoms in total. The van der Waals surface area contributed by atoms with Crippen molar-refractivity contribution in [2.45, 2.75) is 19.4 Å². The molecule has 0 spiro atoms. The first-order chi connectivity index (χ1) is 7.32. The lowest BCUT2D eigenvalue weighted by molar-refractivity contribution is 0.0708. The van der Waals surface area contributed by atoms with Gasteiger partial charge in [-0.05, 0) is 35.8 Å². The molecule has 1 aromatic carbocycles. The first kappa shape index (κ1) is 13.3. The van der Waals surface area contributed by atoms with Crippen LogP contribution in [0.3, 0.4) is 0 Å². The van der Waals surface area contributed by atoms with Crippen molar-refractivity contribution in [1.29, 1.82) is 0 Å². The van der Waals surface area contributed by atoms with Crippen molar-refractivity contribution >= 4 is 15.9 Å². The van der Waals surface area contributed by atoms with Crippen molar-refractivity contribution in [3.63, 3.8) is 0 Å². The van der Waals surface area contributed by atoms with Gasteiger partial charge in [-0.15, -0.1) is 0 Å². The Morgan fingerprint density at radius 2 is 1.75 bits per heavy atom. The Morgan fingerprint density at radius 3 is 2.12 bits per heavy atom. The molecule has 16 heavy (non-hydrogen) atoms. The molecule has 0 unspecified atom stereocenters. The minimum atomic E-state index is -1.34. The molecule has 0 aliphatic heterocycles. The molecule has 0 aliphatic carbocycles. The third-order valence-electron chi connectivity index (χ3n) is 2.16. The zero-order chi connectivity index (χ0) is 12.5. The zero-order valence-corrected chi connectivity index (χ0v) is 11.2. The largest absolute Gasteiger partial charge is 0.492 e. The highest BCUT2D eigenvalue weighted by Crippen LogP contribution is 2.43. The van der Waals surface area contributed by atoms with E-state index >= 15 is 0 Å². The van der Waals surface area contributed by atoms with Crippen LogP contribution in [-0.4, -0.2) is 19.3 Å². The van der Waals surface area contributed by atoms with Gasteiger partial charge in [-0.3, -0.25) is 0 Å². The molecule has 0 radical (unpaired) electrons. The smallest absolute Gasteiger partial charge is 0.175 e. The van der Waals surface area contributed by atoms with Gasteiger partial charge in [0.05, 0.1) is 29.9 Å². The van der Waals surface area contributed by atoms with E-state index < -0.39 is 11.4 Å². The molecule has 0 saturated heterocycles. The Kier molecular flexibility index (Phi) is 3.80. The van der Waals surface area contributed by atoms with Crippen molar-refractivity contribution < 1.29 is 19.0 Å². The van der Waals surface area contributed by atoms with Gasteiger partial charge >= 0.3 is 0 Å². The maximum atomic E-state index is 13.8. The summed E-state index contributed by atoms with van der Waals surface area (Å²) in [7, 11) is 2.85. The predicted octanol–water partition coefficient (Wildman–Crippen LogP) is 2.83. The van der Waals surface area contributed by atoms with Gasteiger partial charge in [0, 0.05) is 0 Å². The maximum Gasteiger partial charge on any atom is 0.175 e. The molecule has 0 aliphatic rings. The van der Waals surface area contributed by atoms with Crippen molar-refractivity contribution in [3.8, 4) is 11.5 Å². The SMILES string of the molecule is COc1c(Br)cc(F)c(C(C)(C)O)c1OC. The van der Waals surface area contributed by atoms with E-state index in [1.165, 1.54) is 34.1 Å². The Labute approximate surface area is 102 Å². The van der Waals surface area contributed by atoms with Crippen LogP contribution in [-0.2, 0) is 5.60 Å². The molecule has 0 atom stereocenters. The van der Waals surface area contributed by atoms with Gasteiger partial charge in [-0.2, -0.15) is 0 Å². The molecule has 1 aromatic rings. The number of hydrogen-bond donors (Lipinski definition) is 1. The van der Waals surface area contributed by atoms with Crippen LogP contribution in [0.15, 0.2) is 10.5 Å². The number of halogens is 2. The summed E-state index contributed by atoms with van der Waals surface area (Å²) in [6, 6.07) is 1.24. The van der Waals surface area contributed by atoms with E-state index in [1.807, 2.05) is 0 Å². The Hall–Kier alpha value is -0.810. The standard InChI is InChI=1S/C11H14BrFO3/c1-11(2,14)8-7(13)5-6(12)9(15-3)10(8)16-4/h5,14H,1-4H3. The second kappa shape index (κ2) is 4.59. The summed E-state index contributed by atoms with van der Waals surface area (Å²) < 4.78 is 24.4. The predicted molar refractivity (Wildman–Crippen MR) is 62.4 cm³/mol. The topological polar surface area (TPSA) is 38.7 Å². The lowest BCUT2D eigenvalue weighted by Gasteiger charge is -2.23. The first-order valence-corrected chi connectivity index (χ1v) is 5.45. The molecule has 0 saturated carbocycles. The Morgan fingerprint density at radius 1 is 1.25 bits per heavy atom. The van der Waals surface area contributed by atoms with E-state index in [-0.39, 0.29) is 11.3 Å². The van der Waals surface area contributed by atoms with E-state index in [0.717, 1.165) is 0 Å².